The fourth-order valence-corrected chi connectivity index (χ4v) is 1.35. The topological polar surface area (TPSA) is 95.9 Å². The van der Waals surface area contributed by atoms with E-state index in [9.17, 15) is 4.79 Å². The number of hydrogen-bond donors (Lipinski definition) is 1. The zero-order chi connectivity index (χ0) is 13.1. The van der Waals surface area contributed by atoms with Crippen LogP contribution in [0.1, 0.15) is 16.2 Å². The van der Waals surface area contributed by atoms with Crippen LogP contribution in [0, 0.1) is 0 Å². The summed E-state index contributed by atoms with van der Waals surface area (Å²) in [5.41, 5.74) is 6.11. The summed E-state index contributed by atoms with van der Waals surface area (Å²) in [6, 6.07) is 3.38. The van der Waals surface area contributed by atoms with E-state index in [0.717, 1.165) is 0 Å². The SMILES string of the molecule is COC(=O)c1ncn(-c2ccc(C(N)=S)cn2)n1. The molecule has 0 unspecified atom stereocenters. The van der Waals surface area contributed by atoms with Crippen molar-refractivity contribution in [1.29, 1.82) is 0 Å². The van der Waals surface area contributed by atoms with Gasteiger partial charge in [0.05, 0.1) is 7.11 Å². The first-order chi connectivity index (χ1) is 8.61. The molecule has 0 spiro atoms. The largest absolute Gasteiger partial charge is 0.463 e. The molecule has 2 aromatic rings. The van der Waals surface area contributed by atoms with Crippen LogP contribution in [0.4, 0.5) is 0 Å². The highest BCUT2D eigenvalue weighted by atomic mass is 32.1. The van der Waals surface area contributed by atoms with Crippen LogP contribution in [0.15, 0.2) is 24.7 Å². The van der Waals surface area contributed by atoms with Gasteiger partial charge in [-0.25, -0.2) is 19.4 Å². The van der Waals surface area contributed by atoms with Crippen LogP contribution in [-0.4, -0.2) is 37.8 Å². The maximum Gasteiger partial charge on any atom is 0.377 e. The van der Waals surface area contributed by atoms with Crippen molar-refractivity contribution in [2.24, 2.45) is 5.73 Å². The first-order valence-corrected chi connectivity index (χ1v) is 5.29. The van der Waals surface area contributed by atoms with Gasteiger partial charge in [-0.15, -0.1) is 5.10 Å². The van der Waals surface area contributed by atoms with Crippen molar-refractivity contribution < 1.29 is 9.53 Å². The average molecular weight is 263 g/mol. The fourth-order valence-electron chi connectivity index (χ4n) is 1.23. The number of nitrogens with two attached hydrogens (primary N) is 1. The number of nitrogens with zero attached hydrogens (tertiary/aromatic N) is 4. The summed E-state index contributed by atoms with van der Waals surface area (Å²) < 4.78 is 5.86. The molecule has 18 heavy (non-hydrogen) atoms. The molecule has 0 aliphatic heterocycles. The molecular formula is C10H9N5O2S. The lowest BCUT2D eigenvalue weighted by Crippen LogP contribution is -2.10. The van der Waals surface area contributed by atoms with Crippen molar-refractivity contribution in [3.63, 3.8) is 0 Å². The number of carbonyl (C=O) groups excluding carboxylic acids is 1. The summed E-state index contributed by atoms with van der Waals surface area (Å²) in [5, 5.41) is 3.93. The third-order valence-corrected chi connectivity index (χ3v) is 2.36. The Kier molecular flexibility index (Phi) is 3.28. The monoisotopic (exact) mass is 263 g/mol. The smallest absolute Gasteiger partial charge is 0.377 e. The Hall–Kier alpha value is -2.35. The highest BCUT2D eigenvalue weighted by molar-refractivity contribution is 7.80. The zero-order valence-corrected chi connectivity index (χ0v) is 10.2. The molecular weight excluding hydrogens is 254 g/mol. The van der Waals surface area contributed by atoms with Crippen LogP contribution in [-0.2, 0) is 4.74 Å². The Morgan fingerprint density at radius 1 is 1.44 bits per heavy atom. The molecule has 2 aromatic heterocycles. The van der Waals surface area contributed by atoms with E-state index in [1.165, 1.54) is 24.3 Å². The van der Waals surface area contributed by atoms with Crippen LogP contribution in [0.5, 0.6) is 0 Å². The van der Waals surface area contributed by atoms with Crippen LogP contribution >= 0.6 is 12.2 Å². The average Bonchev–Trinajstić information content (AvgIpc) is 2.87. The van der Waals surface area contributed by atoms with Gasteiger partial charge < -0.3 is 10.5 Å². The Labute approximate surface area is 108 Å². The molecule has 0 saturated carbocycles. The molecule has 92 valence electrons. The predicted molar refractivity (Wildman–Crippen MR) is 66.4 cm³/mol. The first kappa shape index (κ1) is 12.1. The van der Waals surface area contributed by atoms with Crippen LogP contribution in [0.2, 0.25) is 0 Å². The lowest BCUT2D eigenvalue weighted by molar-refractivity contribution is 0.0587. The molecule has 0 aliphatic carbocycles. The zero-order valence-electron chi connectivity index (χ0n) is 9.40. The quantitative estimate of drug-likeness (QED) is 0.619. The van der Waals surface area contributed by atoms with Crippen LogP contribution in [0.3, 0.4) is 0 Å². The van der Waals surface area contributed by atoms with Gasteiger partial charge in [-0.2, -0.15) is 0 Å². The van der Waals surface area contributed by atoms with Crippen molar-refractivity contribution in [1.82, 2.24) is 19.7 Å². The molecule has 0 fully saturated rings. The van der Waals surface area contributed by atoms with Crippen molar-refractivity contribution >= 4 is 23.2 Å². The number of rotatable bonds is 3. The van der Waals surface area contributed by atoms with E-state index in [-0.39, 0.29) is 10.8 Å². The number of pyridine rings is 1. The van der Waals surface area contributed by atoms with E-state index in [2.05, 4.69) is 19.8 Å². The van der Waals surface area contributed by atoms with Gasteiger partial charge >= 0.3 is 5.97 Å². The summed E-state index contributed by atoms with van der Waals surface area (Å²) in [6.07, 6.45) is 2.90. The third kappa shape index (κ3) is 2.33. The maximum absolute atomic E-state index is 11.2. The van der Waals surface area contributed by atoms with Gasteiger partial charge in [0, 0.05) is 11.8 Å². The number of ether oxygens (including phenoxy) is 1. The maximum atomic E-state index is 11.2. The highest BCUT2D eigenvalue weighted by Crippen LogP contribution is 2.05. The molecule has 2 heterocycles. The molecule has 8 heteroatoms. The fraction of sp³-hybridized carbons (Fsp3) is 0.100. The lowest BCUT2D eigenvalue weighted by Gasteiger charge is -2.00. The third-order valence-electron chi connectivity index (χ3n) is 2.13. The minimum atomic E-state index is -0.603. The van der Waals surface area contributed by atoms with Crippen LogP contribution in [0.25, 0.3) is 5.82 Å². The second kappa shape index (κ2) is 4.88. The molecule has 2 N–H and O–H groups in total. The minimum absolute atomic E-state index is 0.0299. The van der Waals surface area contributed by atoms with E-state index in [1.807, 2.05) is 0 Å². The standard InChI is InChI=1S/C10H9N5O2S/c1-17-10(16)9-13-5-15(14-9)7-3-2-6(4-12-7)8(11)18/h2-5H,1H3,(H2,11,18). The van der Waals surface area contributed by atoms with Crippen molar-refractivity contribution in [3.8, 4) is 5.82 Å². The predicted octanol–water partition coefficient (Wildman–Crippen LogP) is 0.0831. The van der Waals surface area contributed by atoms with Gasteiger partial charge in [0.1, 0.15) is 11.3 Å². The summed E-state index contributed by atoms with van der Waals surface area (Å²) in [6.45, 7) is 0. The minimum Gasteiger partial charge on any atom is -0.463 e. The van der Waals surface area contributed by atoms with Gasteiger partial charge in [-0.3, -0.25) is 0 Å². The Morgan fingerprint density at radius 3 is 2.78 bits per heavy atom. The van der Waals surface area contributed by atoms with E-state index in [1.54, 1.807) is 12.1 Å². The number of hydrogen-bond acceptors (Lipinski definition) is 6. The molecule has 2 rings (SSSR count). The van der Waals surface area contributed by atoms with Crippen molar-refractivity contribution in [3.05, 3.63) is 36.0 Å². The number of thiocarbonyl (C=S) groups is 1. The number of aromatic nitrogens is 4. The van der Waals surface area contributed by atoms with E-state index in [0.29, 0.717) is 11.4 Å². The molecule has 0 atom stereocenters. The summed E-state index contributed by atoms with van der Waals surface area (Å²) in [4.78, 5) is 19.4. The lowest BCUT2D eigenvalue weighted by atomic mass is 10.3. The summed E-state index contributed by atoms with van der Waals surface area (Å²) >= 11 is 4.82. The normalized spacial score (nSPS) is 10.1. The second-order valence-electron chi connectivity index (χ2n) is 3.27. The Morgan fingerprint density at radius 2 is 2.22 bits per heavy atom. The Bertz CT molecular complexity index is 593. The summed E-state index contributed by atoms with van der Waals surface area (Å²) in [7, 11) is 1.26. The number of methoxy groups -OCH3 is 1. The molecule has 0 amide bonds. The molecule has 0 bridgehead atoms. The highest BCUT2D eigenvalue weighted by Gasteiger charge is 2.12. The van der Waals surface area contributed by atoms with Crippen LogP contribution < -0.4 is 5.73 Å². The summed E-state index contributed by atoms with van der Waals surface area (Å²) in [5.74, 6) is -0.135. The molecule has 7 nitrogen and oxygen atoms in total. The second-order valence-corrected chi connectivity index (χ2v) is 3.71. The molecule has 0 aromatic carbocycles. The van der Waals surface area contributed by atoms with Gasteiger partial charge in [0.2, 0.25) is 0 Å². The molecule has 0 radical (unpaired) electrons. The molecule has 0 saturated heterocycles. The van der Waals surface area contributed by atoms with Crippen molar-refractivity contribution in [2.45, 2.75) is 0 Å². The van der Waals surface area contributed by atoms with Gasteiger partial charge in [-0.1, -0.05) is 12.2 Å². The number of esters is 1. The number of carbonyl (C=O) groups is 1. The van der Waals surface area contributed by atoms with E-state index in [4.69, 9.17) is 18.0 Å². The first-order valence-electron chi connectivity index (χ1n) is 4.88. The van der Waals surface area contributed by atoms with Gasteiger partial charge in [0.25, 0.3) is 5.82 Å². The molecule has 0 aliphatic rings. The van der Waals surface area contributed by atoms with Gasteiger partial charge in [0.15, 0.2) is 5.82 Å². The van der Waals surface area contributed by atoms with Crippen molar-refractivity contribution in [2.75, 3.05) is 7.11 Å². The Balaban J connectivity index is 2.29. The van der Waals surface area contributed by atoms with E-state index < -0.39 is 5.97 Å². The van der Waals surface area contributed by atoms with Gasteiger partial charge in [-0.05, 0) is 12.1 Å². The van der Waals surface area contributed by atoms with E-state index >= 15 is 0 Å².